The molecule has 5 nitrogen and oxygen atoms in total. The van der Waals surface area contributed by atoms with E-state index in [0.717, 1.165) is 5.06 Å². The third-order valence-corrected chi connectivity index (χ3v) is 3.50. The fourth-order valence-electron chi connectivity index (χ4n) is 1.77. The van der Waals surface area contributed by atoms with Crippen LogP contribution in [0.15, 0.2) is 35.3 Å². The van der Waals surface area contributed by atoms with Gasteiger partial charge in [-0.3, -0.25) is 15.0 Å². The van der Waals surface area contributed by atoms with Crippen LogP contribution < -0.4 is 5.73 Å². The Labute approximate surface area is 106 Å². The Balaban J connectivity index is 2.40. The highest BCUT2D eigenvalue weighted by molar-refractivity contribution is 6.45. The topological polar surface area (TPSA) is 78.9 Å². The van der Waals surface area contributed by atoms with Crippen LogP contribution in [0.1, 0.15) is 31.1 Å². The highest BCUT2D eigenvalue weighted by Gasteiger charge is 2.51. The van der Waals surface area contributed by atoms with Gasteiger partial charge in [0.25, 0.3) is 0 Å². The summed E-state index contributed by atoms with van der Waals surface area (Å²) in [6, 6.07) is 8.70. The van der Waals surface area contributed by atoms with Crippen molar-refractivity contribution in [3.63, 3.8) is 0 Å². The lowest BCUT2D eigenvalue weighted by Gasteiger charge is -2.36. The smallest absolute Gasteiger partial charge is 0.229 e. The lowest BCUT2D eigenvalue weighted by Crippen LogP contribution is -2.61. The van der Waals surface area contributed by atoms with E-state index in [1.54, 1.807) is 45.0 Å². The van der Waals surface area contributed by atoms with Gasteiger partial charge in [0.15, 0.2) is 5.84 Å². The van der Waals surface area contributed by atoms with Crippen LogP contribution >= 0.6 is 0 Å². The van der Waals surface area contributed by atoms with Crippen molar-refractivity contribution in [2.45, 2.75) is 32.0 Å². The predicted molar refractivity (Wildman–Crippen MR) is 68.5 cm³/mol. The molecule has 1 unspecified atom stereocenters. The number of hydrogen-bond donors (Lipinski definition) is 2. The molecule has 0 bridgehead atoms. The maximum atomic E-state index is 12.2. The SMILES string of the molecule is CC1(C)N=C(C(=O)c2ccccc2)N(O)C1(C)N. The van der Waals surface area contributed by atoms with Crippen molar-refractivity contribution in [1.29, 1.82) is 0 Å². The maximum absolute atomic E-state index is 12.2. The largest absolute Gasteiger partial charge is 0.305 e. The first-order valence-electron chi connectivity index (χ1n) is 5.75. The Kier molecular flexibility index (Phi) is 2.76. The van der Waals surface area contributed by atoms with Gasteiger partial charge < -0.3 is 5.73 Å². The first-order valence-corrected chi connectivity index (χ1v) is 5.75. The Morgan fingerprint density at radius 1 is 1.28 bits per heavy atom. The van der Waals surface area contributed by atoms with E-state index < -0.39 is 11.2 Å². The molecule has 1 heterocycles. The summed E-state index contributed by atoms with van der Waals surface area (Å²) in [6.45, 7) is 5.20. The van der Waals surface area contributed by atoms with Gasteiger partial charge >= 0.3 is 0 Å². The van der Waals surface area contributed by atoms with Crippen LogP contribution in [0.5, 0.6) is 0 Å². The van der Waals surface area contributed by atoms with Gasteiger partial charge in [-0.25, -0.2) is 5.06 Å². The number of amidine groups is 1. The number of benzene rings is 1. The minimum atomic E-state index is -1.10. The van der Waals surface area contributed by atoms with E-state index in [1.165, 1.54) is 0 Å². The highest BCUT2D eigenvalue weighted by atomic mass is 16.5. The quantitative estimate of drug-likeness (QED) is 0.775. The molecular weight excluding hydrogens is 230 g/mol. The molecule has 0 fully saturated rings. The molecule has 2 rings (SSSR count). The van der Waals surface area contributed by atoms with Crippen LogP contribution in [0.25, 0.3) is 0 Å². The second-order valence-corrected chi connectivity index (χ2v) is 5.15. The molecule has 3 N–H and O–H groups in total. The second-order valence-electron chi connectivity index (χ2n) is 5.15. The van der Waals surface area contributed by atoms with Gasteiger partial charge in [-0.05, 0) is 20.8 Å². The lowest BCUT2D eigenvalue weighted by atomic mass is 9.92. The van der Waals surface area contributed by atoms with Crippen molar-refractivity contribution in [2.24, 2.45) is 10.7 Å². The van der Waals surface area contributed by atoms with Crippen LogP contribution in [0.4, 0.5) is 0 Å². The molecule has 0 saturated carbocycles. The highest BCUT2D eigenvalue weighted by Crippen LogP contribution is 2.33. The molecule has 0 radical (unpaired) electrons. The van der Waals surface area contributed by atoms with Crippen molar-refractivity contribution in [2.75, 3.05) is 0 Å². The molecule has 0 amide bonds. The predicted octanol–water partition coefficient (Wildman–Crippen LogP) is 1.43. The zero-order chi connectivity index (χ0) is 13.6. The number of Topliss-reactive ketones (excluding diaryl/α,β-unsaturated/α-hetero) is 1. The fourth-order valence-corrected chi connectivity index (χ4v) is 1.77. The monoisotopic (exact) mass is 247 g/mol. The van der Waals surface area contributed by atoms with Crippen LogP contribution in [0.2, 0.25) is 0 Å². The summed E-state index contributed by atoms with van der Waals surface area (Å²) in [5.41, 5.74) is 4.65. The van der Waals surface area contributed by atoms with E-state index in [2.05, 4.69) is 4.99 Å². The summed E-state index contributed by atoms with van der Waals surface area (Å²) in [5.74, 6) is -0.350. The van der Waals surface area contributed by atoms with Crippen molar-refractivity contribution in [3.8, 4) is 0 Å². The van der Waals surface area contributed by atoms with E-state index >= 15 is 0 Å². The van der Waals surface area contributed by atoms with Gasteiger partial charge in [-0.1, -0.05) is 30.3 Å². The number of hydrogen-bond acceptors (Lipinski definition) is 5. The Hall–Kier alpha value is -1.72. The molecule has 5 heteroatoms. The zero-order valence-corrected chi connectivity index (χ0v) is 10.7. The molecule has 0 aliphatic carbocycles. The van der Waals surface area contributed by atoms with Crippen LogP contribution in [0, 0.1) is 0 Å². The Bertz CT molecular complexity index is 506. The molecule has 0 spiro atoms. The van der Waals surface area contributed by atoms with E-state index in [1.807, 2.05) is 6.07 Å². The number of rotatable bonds is 2. The van der Waals surface area contributed by atoms with Gasteiger partial charge in [0.05, 0.1) is 5.54 Å². The number of hydroxylamine groups is 2. The molecule has 1 atom stereocenters. The number of carbonyl (C=O) groups is 1. The van der Waals surface area contributed by atoms with E-state index in [-0.39, 0.29) is 11.6 Å². The number of ketones is 1. The van der Waals surface area contributed by atoms with Crippen LogP contribution in [-0.4, -0.2) is 33.1 Å². The first-order chi connectivity index (χ1) is 8.27. The summed E-state index contributed by atoms with van der Waals surface area (Å²) >= 11 is 0. The van der Waals surface area contributed by atoms with Gasteiger partial charge in [-0.15, -0.1) is 0 Å². The summed E-state index contributed by atoms with van der Waals surface area (Å²) in [4.78, 5) is 16.5. The first kappa shape index (κ1) is 12.7. The van der Waals surface area contributed by atoms with E-state index in [9.17, 15) is 10.0 Å². The maximum Gasteiger partial charge on any atom is 0.229 e. The van der Waals surface area contributed by atoms with Gasteiger partial charge in [0, 0.05) is 5.56 Å². The second kappa shape index (κ2) is 3.90. The molecule has 1 aromatic carbocycles. The molecule has 96 valence electrons. The Morgan fingerprint density at radius 3 is 2.28 bits per heavy atom. The lowest BCUT2D eigenvalue weighted by molar-refractivity contribution is -0.105. The minimum absolute atomic E-state index is 0.0174. The van der Waals surface area contributed by atoms with E-state index in [4.69, 9.17) is 5.73 Å². The molecule has 1 aliphatic rings. The molecule has 18 heavy (non-hydrogen) atoms. The molecule has 0 aromatic heterocycles. The standard InChI is InChI=1S/C13H17N3O2/c1-12(2)13(3,14)16(18)11(15-12)10(17)9-7-5-4-6-8-9/h4-8,18H,14H2,1-3H3. The van der Waals surface area contributed by atoms with Crippen LogP contribution in [-0.2, 0) is 0 Å². The number of nitrogens with zero attached hydrogens (tertiary/aromatic N) is 2. The molecule has 1 aliphatic heterocycles. The van der Waals surface area contributed by atoms with Crippen molar-refractivity contribution in [3.05, 3.63) is 35.9 Å². The number of aliphatic imine (C=N–C) groups is 1. The molecule has 1 aromatic rings. The zero-order valence-electron chi connectivity index (χ0n) is 10.7. The third kappa shape index (κ3) is 1.72. The van der Waals surface area contributed by atoms with Crippen LogP contribution in [0.3, 0.4) is 0 Å². The minimum Gasteiger partial charge on any atom is -0.305 e. The fraction of sp³-hybridized carbons (Fsp3) is 0.385. The van der Waals surface area contributed by atoms with Gasteiger partial charge in [-0.2, -0.15) is 0 Å². The van der Waals surface area contributed by atoms with Gasteiger partial charge in [0.1, 0.15) is 5.66 Å². The molecular formula is C13H17N3O2. The summed E-state index contributed by atoms with van der Waals surface area (Å²) in [5, 5.41) is 10.8. The van der Waals surface area contributed by atoms with Gasteiger partial charge in [0.2, 0.25) is 5.78 Å². The number of nitrogens with two attached hydrogens (primary N) is 1. The number of carbonyl (C=O) groups excluding carboxylic acids is 1. The third-order valence-electron chi connectivity index (χ3n) is 3.50. The van der Waals surface area contributed by atoms with Crippen molar-refractivity contribution in [1.82, 2.24) is 5.06 Å². The Morgan fingerprint density at radius 2 is 1.83 bits per heavy atom. The van der Waals surface area contributed by atoms with E-state index in [0.29, 0.717) is 5.56 Å². The summed E-state index contributed by atoms with van der Waals surface area (Å²) in [6.07, 6.45) is 0. The average molecular weight is 247 g/mol. The van der Waals surface area contributed by atoms with Crippen molar-refractivity contribution >= 4 is 11.6 Å². The average Bonchev–Trinajstić information content (AvgIpc) is 2.50. The normalized spacial score (nSPS) is 26.1. The summed E-state index contributed by atoms with van der Waals surface area (Å²) < 4.78 is 0. The molecule has 0 saturated heterocycles. The summed E-state index contributed by atoms with van der Waals surface area (Å²) in [7, 11) is 0. The van der Waals surface area contributed by atoms with Crippen molar-refractivity contribution < 1.29 is 10.0 Å².